The Hall–Kier alpha value is -1.80. The lowest BCUT2D eigenvalue weighted by Crippen LogP contribution is -2.40. The van der Waals surface area contributed by atoms with Gasteiger partial charge in [-0.15, -0.1) is 0 Å². The predicted molar refractivity (Wildman–Crippen MR) is 106 cm³/mol. The summed E-state index contributed by atoms with van der Waals surface area (Å²) in [6.07, 6.45) is 0.481. The van der Waals surface area contributed by atoms with Gasteiger partial charge in [0.15, 0.2) is 14.5 Å². The van der Waals surface area contributed by atoms with Crippen molar-refractivity contribution < 1.29 is 22.4 Å². The maximum Gasteiger partial charge on any atom is 0.254 e. The highest BCUT2D eigenvalue weighted by atomic mass is 79.9. The number of hydrogen-bond acceptors (Lipinski definition) is 5. The van der Waals surface area contributed by atoms with Gasteiger partial charge >= 0.3 is 0 Å². The molecule has 1 amide bonds. The van der Waals surface area contributed by atoms with Crippen LogP contribution >= 0.6 is 15.9 Å². The Kier molecular flexibility index (Phi) is 5.95. The first-order valence-corrected chi connectivity index (χ1v) is 11.4. The summed E-state index contributed by atoms with van der Waals surface area (Å²) in [5.41, 5.74) is 0.487. The smallest absolute Gasteiger partial charge is 0.254 e. The fraction of sp³-hybridized carbons (Fsp3) is 0.421. The van der Waals surface area contributed by atoms with Gasteiger partial charge in [0.2, 0.25) is 0 Å². The Morgan fingerprint density at radius 2 is 1.96 bits per heavy atom. The molecule has 0 saturated carbocycles. The van der Waals surface area contributed by atoms with Gasteiger partial charge in [-0.25, -0.2) is 8.42 Å². The lowest BCUT2D eigenvalue weighted by Gasteiger charge is -2.27. The number of furan rings is 1. The predicted octanol–water partition coefficient (Wildman–Crippen LogP) is 3.66. The Morgan fingerprint density at radius 1 is 1.26 bits per heavy atom. The van der Waals surface area contributed by atoms with Gasteiger partial charge in [0.1, 0.15) is 11.5 Å². The van der Waals surface area contributed by atoms with E-state index in [1.54, 1.807) is 41.3 Å². The summed E-state index contributed by atoms with van der Waals surface area (Å²) in [4.78, 5) is 14.7. The minimum Gasteiger partial charge on any atom is -0.491 e. The van der Waals surface area contributed by atoms with Crippen molar-refractivity contribution in [3.05, 3.63) is 52.4 Å². The quantitative estimate of drug-likeness (QED) is 0.663. The van der Waals surface area contributed by atoms with Crippen molar-refractivity contribution in [2.75, 3.05) is 11.5 Å². The number of carbonyl (C=O) groups excluding carboxylic acids is 1. The molecule has 0 bridgehead atoms. The van der Waals surface area contributed by atoms with Gasteiger partial charge in [0, 0.05) is 11.6 Å². The number of rotatable bonds is 6. The van der Waals surface area contributed by atoms with Crippen molar-refractivity contribution in [3.8, 4) is 5.75 Å². The van der Waals surface area contributed by atoms with Gasteiger partial charge in [-0.1, -0.05) is 0 Å². The molecule has 1 aromatic carbocycles. The van der Waals surface area contributed by atoms with Crippen LogP contribution in [0.4, 0.5) is 0 Å². The number of ether oxygens (including phenoxy) is 1. The molecule has 2 aromatic rings. The highest BCUT2D eigenvalue weighted by molar-refractivity contribution is 9.10. The molecule has 1 aliphatic heterocycles. The van der Waals surface area contributed by atoms with Crippen molar-refractivity contribution >= 4 is 31.7 Å². The first kappa shape index (κ1) is 19.9. The number of hydrogen-bond donors (Lipinski definition) is 0. The summed E-state index contributed by atoms with van der Waals surface area (Å²) in [5.74, 6) is 1.14. The van der Waals surface area contributed by atoms with Crippen LogP contribution in [0.3, 0.4) is 0 Å². The fourth-order valence-corrected chi connectivity index (χ4v) is 5.18. The zero-order valence-electron chi connectivity index (χ0n) is 15.2. The van der Waals surface area contributed by atoms with Crippen molar-refractivity contribution in [3.63, 3.8) is 0 Å². The van der Waals surface area contributed by atoms with E-state index in [0.717, 1.165) is 0 Å². The van der Waals surface area contributed by atoms with Crippen LogP contribution in [0, 0.1) is 0 Å². The third kappa shape index (κ3) is 5.13. The Bertz CT molecular complexity index is 904. The second-order valence-electron chi connectivity index (χ2n) is 6.89. The number of nitrogens with zero attached hydrogens (tertiary/aromatic N) is 1. The molecule has 2 heterocycles. The highest BCUT2D eigenvalue weighted by Gasteiger charge is 2.35. The molecule has 0 spiro atoms. The molecule has 27 heavy (non-hydrogen) atoms. The van der Waals surface area contributed by atoms with Crippen LogP contribution in [0.2, 0.25) is 0 Å². The third-order valence-electron chi connectivity index (χ3n) is 4.34. The van der Waals surface area contributed by atoms with Crippen LogP contribution in [0.1, 0.15) is 36.4 Å². The molecule has 8 heteroatoms. The molecule has 146 valence electrons. The minimum atomic E-state index is -3.12. The molecule has 1 fully saturated rings. The van der Waals surface area contributed by atoms with E-state index < -0.39 is 9.84 Å². The molecule has 0 aliphatic carbocycles. The van der Waals surface area contributed by atoms with E-state index >= 15 is 0 Å². The summed E-state index contributed by atoms with van der Waals surface area (Å²) in [6, 6.07) is 10.1. The molecule has 0 N–H and O–H groups in total. The Morgan fingerprint density at radius 3 is 2.48 bits per heavy atom. The van der Waals surface area contributed by atoms with Crippen LogP contribution in [-0.2, 0) is 16.4 Å². The van der Waals surface area contributed by atoms with Crippen LogP contribution in [-0.4, -0.2) is 42.9 Å². The van der Waals surface area contributed by atoms with Crippen molar-refractivity contribution in [1.82, 2.24) is 4.90 Å². The van der Waals surface area contributed by atoms with Gasteiger partial charge in [-0.3, -0.25) is 4.79 Å². The molecular weight excluding hydrogens is 434 g/mol. The Balaban J connectivity index is 1.83. The molecule has 1 atom stereocenters. The first-order valence-electron chi connectivity index (χ1n) is 8.76. The first-order chi connectivity index (χ1) is 12.7. The SMILES string of the molecule is CC(C)Oc1ccc(C(=O)N(Cc2ccc(Br)o2)C2CCS(=O)(=O)C2)cc1. The van der Waals surface area contributed by atoms with Gasteiger partial charge in [-0.2, -0.15) is 0 Å². The molecule has 1 saturated heterocycles. The molecule has 1 aliphatic rings. The number of carbonyl (C=O) groups is 1. The third-order valence-corrected chi connectivity index (χ3v) is 6.51. The van der Waals surface area contributed by atoms with Crippen molar-refractivity contribution in [1.29, 1.82) is 0 Å². The topological polar surface area (TPSA) is 76.8 Å². The van der Waals surface area contributed by atoms with Gasteiger partial charge in [0.25, 0.3) is 5.91 Å². The summed E-state index contributed by atoms with van der Waals surface area (Å²) < 4.78 is 35.6. The van der Waals surface area contributed by atoms with E-state index in [1.807, 2.05) is 13.8 Å². The molecule has 1 aromatic heterocycles. The largest absolute Gasteiger partial charge is 0.491 e. The van der Waals surface area contributed by atoms with E-state index in [9.17, 15) is 13.2 Å². The summed E-state index contributed by atoms with van der Waals surface area (Å²) in [5, 5.41) is 0. The summed E-state index contributed by atoms with van der Waals surface area (Å²) >= 11 is 3.25. The van der Waals surface area contributed by atoms with Crippen LogP contribution in [0.15, 0.2) is 45.5 Å². The van der Waals surface area contributed by atoms with Crippen LogP contribution < -0.4 is 4.74 Å². The van der Waals surface area contributed by atoms with Crippen LogP contribution in [0.5, 0.6) is 5.75 Å². The van der Waals surface area contributed by atoms with E-state index in [0.29, 0.717) is 28.2 Å². The fourth-order valence-electron chi connectivity index (χ4n) is 3.11. The average Bonchev–Trinajstić information content (AvgIpc) is 3.17. The van der Waals surface area contributed by atoms with Gasteiger partial charge < -0.3 is 14.1 Å². The maximum absolute atomic E-state index is 13.1. The van der Waals surface area contributed by atoms with Crippen LogP contribution in [0.25, 0.3) is 0 Å². The zero-order valence-corrected chi connectivity index (χ0v) is 17.6. The zero-order chi connectivity index (χ0) is 19.6. The number of benzene rings is 1. The molecule has 3 rings (SSSR count). The van der Waals surface area contributed by atoms with E-state index in [1.165, 1.54) is 0 Å². The summed E-state index contributed by atoms with van der Waals surface area (Å²) in [6.45, 7) is 4.08. The molecule has 6 nitrogen and oxygen atoms in total. The summed E-state index contributed by atoms with van der Waals surface area (Å²) in [7, 11) is -3.12. The lowest BCUT2D eigenvalue weighted by molar-refractivity contribution is 0.0665. The monoisotopic (exact) mass is 455 g/mol. The second-order valence-corrected chi connectivity index (χ2v) is 9.90. The standard InChI is InChI=1S/C19H22BrNO5S/c1-13(2)25-16-5-3-14(4-6-16)19(22)21(11-17-7-8-18(20)26-17)15-9-10-27(23,24)12-15/h3-8,13,15H,9-12H2,1-2H3. The van der Waals surface area contributed by atoms with Gasteiger partial charge in [0.05, 0.1) is 24.2 Å². The normalized spacial score (nSPS) is 18.6. The minimum absolute atomic E-state index is 0.0187. The number of amides is 1. The lowest BCUT2D eigenvalue weighted by atomic mass is 10.1. The Labute approximate surface area is 167 Å². The second kappa shape index (κ2) is 8.06. The molecule has 1 unspecified atom stereocenters. The average molecular weight is 456 g/mol. The number of sulfone groups is 1. The van der Waals surface area contributed by atoms with Crippen molar-refractivity contribution in [2.45, 2.75) is 39.0 Å². The molecule has 0 radical (unpaired) electrons. The van der Waals surface area contributed by atoms with E-state index in [4.69, 9.17) is 9.15 Å². The number of halogens is 1. The molecular formula is C19H22BrNO5S. The van der Waals surface area contributed by atoms with E-state index in [2.05, 4.69) is 15.9 Å². The van der Waals surface area contributed by atoms with Crippen molar-refractivity contribution in [2.24, 2.45) is 0 Å². The maximum atomic E-state index is 13.1. The highest BCUT2D eigenvalue weighted by Crippen LogP contribution is 2.25. The van der Waals surface area contributed by atoms with Gasteiger partial charge in [-0.05, 0) is 72.6 Å². The van der Waals surface area contributed by atoms with E-state index in [-0.39, 0.29) is 36.1 Å².